The maximum Gasteiger partial charge on any atom is 0.217 e. The van der Waals surface area contributed by atoms with E-state index >= 15 is 0 Å². The third-order valence-electron chi connectivity index (χ3n) is 3.96. The molecule has 1 rings (SSSR count). The first-order valence-electron chi connectivity index (χ1n) is 7.40. The van der Waals surface area contributed by atoms with E-state index in [1.807, 2.05) is 19.9 Å². The smallest absolute Gasteiger partial charge is 0.217 e. The van der Waals surface area contributed by atoms with Crippen LogP contribution in [0, 0.1) is 23.2 Å². The van der Waals surface area contributed by atoms with Crippen molar-refractivity contribution in [2.24, 2.45) is 11.8 Å². The summed E-state index contributed by atoms with van der Waals surface area (Å²) in [7, 11) is -0.175. The summed E-state index contributed by atoms with van der Waals surface area (Å²) in [6, 6.07) is 1.82. The van der Waals surface area contributed by atoms with Crippen LogP contribution in [0.25, 0.3) is 0 Å². The zero-order valence-electron chi connectivity index (χ0n) is 13.2. The molecular formula is C14H25N2O5P. The standard InChI is InChI=1S/C14H25N2O5P/c1-9-10(2)14(16-11(3)18)13(21-12(9)7-17)8-20-22-19-6-4-5-15/h9-10,12-14,17,22H,4,6-8H2,1-3H3,(H,16,18)/t9-,10-,12+,13?,14?/m0/s1. The Bertz CT molecular complexity index is 390. The Kier molecular flexibility index (Phi) is 8.84. The molecule has 6 atom stereocenters. The van der Waals surface area contributed by atoms with Crippen LogP contribution in [0.5, 0.6) is 0 Å². The van der Waals surface area contributed by atoms with Crippen molar-refractivity contribution in [2.75, 3.05) is 19.8 Å². The van der Waals surface area contributed by atoms with E-state index in [1.54, 1.807) is 0 Å². The third-order valence-corrected chi connectivity index (χ3v) is 4.57. The zero-order valence-corrected chi connectivity index (χ0v) is 14.2. The Balaban J connectivity index is 2.54. The van der Waals surface area contributed by atoms with Gasteiger partial charge >= 0.3 is 0 Å². The van der Waals surface area contributed by atoms with Gasteiger partial charge in [-0.1, -0.05) is 13.8 Å². The Morgan fingerprint density at radius 1 is 1.36 bits per heavy atom. The Morgan fingerprint density at radius 2 is 2.09 bits per heavy atom. The molecule has 1 aliphatic heterocycles. The lowest BCUT2D eigenvalue weighted by atomic mass is 9.80. The first kappa shape index (κ1) is 19.3. The van der Waals surface area contributed by atoms with E-state index in [4.69, 9.17) is 19.0 Å². The van der Waals surface area contributed by atoms with Crippen LogP contribution in [-0.4, -0.2) is 49.1 Å². The van der Waals surface area contributed by atoms with Gasteiger partial charge in [0, 0.05) is 6.92 Å². The number of hydrogen-bond acceptors (Lipinski definition) is 6. The quantitative estimate of drug-likeness (QED) is 0.507. The molecule has 1 amide bonds. The molecule has 1 heterocycles. The summed E-state index contributed by atoms with van der Waals surface area (Å²) in [6.45, 7) is 6.06. The summed E-state index contributed by atoms with van der Waals surface area (Å²) in [5.41, 5.74) is 0. The fraction of sp³-hybridized carbons (Fsp3) is 0.857. The van der Waals surface area contributed by atoms with Gasteiger partial charge in [0.05, 0.1) is 44.5 Å². The molecule has 3 unspecified atom stereocenters. The SMILES string of the molecule is CC(=O)NC1C(COPOCCC#N)O[C@H](CO)[C@@H](C)[C@@H]1C. The zero-order chi connectivity index (χ0) is 16.5. The van der Waals surface area contributed by atoms with Crippen LogP contribution in [0.15, 0.2) is 0 Å². The van der Waals surface area contributed by atoms with E-state index in [1.165, 1.54) is 6.92 Å². The summed E-state index contributed by atoms with van der Waals surface area (Å²) in [5.74, 6) is 0.173. The molecule has 126 valence electrons. The predicted octanol–water partition coefficient (Wildman–Crippen LogP) is 0.978. The number of hydrogen-bond donors (Lipinski definition) is 2. The number of amides is 1. The van der Waals surface area contributed by atoms with E-state index < -0.39 is 0 Å². The van der Waals surface area contributed by atoms with Gasteiger partial charge in [0.2, 0.25) is 5.91 Å². The molecule has 0 spiro atoms. The number of nitrogens with zero attached hydrogens (tertiary/aromatic N) is 1. The summed E-state index contributed by atoms with van der Waals surface area (Å²) in [4.78, 5) is 11.4. The van der Waals surface area contributed by atoms with Crippen LogP contribution in [0.2, 0.25) is 0 Å². The monoisotopic (exact) mass is 332 g/mol. The van der Waals surface area contributed by atoms with E-state index in [9.17, 15) is 9.90 Å². The average molecular weight is 332 g/mol. The van der Waals surface area contributed by atoms with Crippen LogP contribution < -0.4 is 5.32 Å². The molecule has 1 aliphatic rings. The Morgan fingerprint density at radius 3 is 2.68 bits per heavy atom. The van der Waals surface area contributed by atoms with Gasteiger partial charge in [-0.15, -0.1) is 0 Å². The number of carbonyl (C=O) groups excluding carboxylic acids is 1. The molecule has 0 radical (unpaired) electrons. The van der Waals surface area contributed by atoms with Gasteiger partial charge < -0.3 is 24.2 Å². The van der Waals surface area contributed by atoms with Crippen molar-refractivity contribution in [1.29, 1.82) is 5.26 Å². The van der Waals surface area contributed by atoms with Crippen molar-refractivity contribution in [3.63, 3.8) is 0 Å². The molecule has 1 saturated heterocycles. The highest BCUT2D eigenvalue weighted by atomic mass is 31.1. The van der Waals surface area contributed by atoms with Gasteiger partial charge in [0.15, 0.2) is 9.03 Å². The van der Waals surface area contributed by atoms with Crippen molar-refractivity contribution in [1.82, 2.24) is 5.32 Å². The largest absolute Gasteiger partial charge is 0.394 e. The Labute approximate surface area is 133 Å². The first-order chi connectivity index (χ1) is 10.5. The molecule has 0 aromatic heterocycles. The topological polar surface area (TPSA) is 101 Å². The highest BCUT2D eigenvalue weighted by Gasteiger charge is 2.41. The molecule has 7 nitrogen and oxygen atoms in total. The lowest BCUT2D eigenvalue weighted by Gasteiger charge is -2.44. The fourth-order valence-corrected chi connectivity index (χ4v) is 3.05. The van der Waals surface area contributed by atoms with Gasteiger partial charge in [0.1, 0.15) is 6.10 Å². The van der Waals surface area contributed by atoms with Gasteiger partial charge in [-0.3, -0.25) is 4.79 Å². The van der Waals surface area contributed by atoms with E-state index in [0.717, 1.165) is 0 Å². The molecule has 0 aromatic rings. The third kappa shape index (κ3) is 5.79. The van der Waals surface area contributed by atoms with E-state index in [2.05, 4.69) is 5.32 Å². The van der Waals surface area contributed by atoms with Crippen LogP contribution in [-0.2, 0) is 18.6 Å². The summed E-state index contributed by atoms with van der Waals surface area (Å²) in [6.07, 6.45) is -0.276. The first-order valence-corrected chi connectivity index (χ1v) is 8.21. The molecule has 22 heavy (non-hydrogen) atoms. The van der Waals surface area contributed by atoms with Gasteiger partial charge in [-0.25, -0.2) is 0 Å². The summed E-state index contributed by atoms with van der Waals surface area (Å²) >= 11 is 0. The van der Waals surface area contributed by atoms with Crippen molar-refractivity contribution in [3.8, 4) is 6.07 Å². The number of nitrogens with one attached hydrogen (secondary N) is 1. The fourth-order valence-electron chi connectivity index (χ4n) is 2.54. The highest BCUT2D eigenvalue weighted by molar-refractivity contribution is 7.26. The van der Waals surface area contributed by atoms with Gasteiger partial charge in [-0.05, 0) is 11.8 Å². The molecule has 0 bridgehead atoms. The average Bonchev–Trinajstić information content (AvgIpc) is 2.49. The number of aliphatic hydroxyl groups is 1. The second-order valence-electron chi connectivity index (χ2n) is 5.49. The normalized spacial score (nSPS) is 32.0. The maximum absolute atomic E-state index is 11.4. The predicted molar refractivity (Wildman–Crippen MR) is 82.1 cm³/mol. The molecular weight excluding hydrogens is 307 g/mol. The van der Waals surface area contributed by atoms with Gasteiger partial charge in [0.25, 0.3) is 0 Å². The van der Waals surface area contributed by atoms with Crippen LogP contribution in [0.1, 0.15) is 27.2 Å². The number of rotatable bonds is 8. The van der Waals surface area contributed by atoms with Gasteiger partial charge in [-0.2, -0.15) is 5.26 Å². The molecule has 0 saturated carbocycles. The number of nitriles is 1. The molecule has 8 heteroatoms. The second kappa shape index (κ2) is 10.1. The molecule has 0 aliphatic carbocycles. The maximum atomic E-state index is 11.4. The van der Waals surface area contributed by atoms with Crippen LogP contribution in [0.3, 0.4) is 0 Å². The summed E-state index contributed by atoms with van der Waals surface area (Å²) < 4.78 is 16.5. The van der Waals surface area contributed by atoms with Crippen molar-refractivity contribution in [2.45, 2.75) is 45.4 Å². The van der Waals surface area contributed by atoms with E-state index in [0.29, 0.717) is 13.0 Å². The second-order valence-corrected chi connectivity index (χ2v) is 6.24. The number of aliphatic hydroxyl groups excluding tert-OH is 1. The van der Waals surface area contributed by atoms with Crippen LogP contribution in [0.4, 0.5) is 0 Å². The highest BCUT2D eigenvalue weighted by Crippen LogP contribution is 2.31. The molecule has 2 N–H and O–H groups in total. The minimum Gasteiger partial charge on any atom is -0.394 e. The minimum atomic E-state index is -0.334. The van der Waals surface area contributed by atoms with Crippen molar-refractivity contribution < 1.29 is 23.7 Å². The van der Waals surface area contributed by atoms with E-state index in [-0.39, 0.29) is 58.2 Å². The molecule has 1 fully saturated rings. The summed E-state index contributed by atoms with van der Waals surface area (Å²) in [5, 5.41) is 20.7. The number of ether oxygens (including phenoxy) is 1. The lowest BCUT2D eigenvalue weighted by molar-refractivity contribution is -0.151. The minimum absolute atomic E-state index is 0.0598. The number of carbonyl (C=O) groups is 1. The molecule has 0 aromatic carbocycles. The lowest BCUT2D eigenvalue weighted by Crippen LogP contribution is -2.58. The Hall–Kier alpha value is -0.770. The van der Waals surface area contributed by atoms with Crippen molar-refractivity contribution in [3.05, 3.63) is 0 Å². The van der Waals surface area contributed by atoms with Crippen LogP contribution >= 0.6 is 9.03 Å². The van der Waals surface area contributed by atoms with Crippen molar-refractivity contribution >= 4 is 14.9 Å².